The Hall–Kier alpha value is -2.01. The lowest BCUT2D eigenvalue weighted by atomic mass is 10.1. The summed E-state index contributed by atoms with van der Waals surface area (Å²) in [5.41, 5.74) is 2.91. The van der Waals surface area contributed by atoms with Gasteiger partial charge in [-0.1, -0.05) is 46.3 Å². The highest BCUT2D eigenvalue weighted by Gasteiger charge is 2.26. The third kappa shape index (κ3) is 2.88. The van der Waals surface area contributed by atoms with Crippen molar-refractivity contribution in [3.63, 3.8) is 0 Å². The average Bonchev–Trinajstić information content (AvgIpc) is 2.48. The lowest BCUT2D eigenvalue weighted by molar-refractivity contribution is 0.201. The Kier molecular flexibility index (Phi) is 3.84. The van der Waals surface area contributed by atoms with Crippen molar-refractivity contribution in [2.45, 2.75) is 6.54 Å². The molecule has 0 saturated carbocycles. The van der Waals surface area contributed by atoms with E-state index in [9.17, 15) is 9.90 Å². The summed E-state index contributed by atoms with van der Waals surface area (Å²) in [7, 11) is 0. The number of fused-ring (bicyclic) bond motifs is 1. The van der Waals surface area contributed by atoms with Gasteiger partial charge in [-0.25, -0.2) is 4.79 Å². The van der Waals surface area contributed by atoms with E-state index < -0.39 is 6.09 Å². The predicted molar refractivity (Wildman–Crippen MR) is 87.0 cm³/mol. The summed E-state index contributed by atoms with van der Waals surface area (Å²) >= 11 is 3.42. The third-order valence-electron chi connectivity index (χ3n) is 3.61. The first-order valence-electron chi connectivity index (χ1n) is 6.74. The minimum absolute atomic E-state index is 0.478. The number of hydrogen-bond donors (Lipinski definition) is 1. The van der Waals surface area contributed by atoms with Gasteiger partial charge in [0.2, 0.25) is 0 Å². The van der Waals surface area contributed by atoms with Crippen LogP contribution in [-0.2, 0) is 6.54 Å². The molecule has 5 heteroatoms. The molecule has 0 radical (unpaired) electrons. The molecule has 21 heavy (non-hydrogen) atoms. The zero-order chi connectivity index (χ0) is 14.8. The highest BCUT2D eigenvalue weighted by atomic mass is 79.9. The fourth-order valence-electron chi connectivity index (χ4n) is 2.61. The Balaban J connectivity index is 1.95. The predicted octanol–water partition coefficient (Wildman–Crippen LogP) is 3.95. The number of rotatable bonds is 2. The van der Waals surface area contributed by atoms with Crippen molar-refractivity contribution < 1.29 is 9.90 Å². The maximum absolute atomic E-state index is 11.4. The molecule has 0 saturated heterocycles. The standard InChI is InChI=1S/C16H15BrN2O2/c17-13-6-7-14-15(10-13)19(16(20)21)9-8-18(14)11-12-4-2-1-3-5-12/h1-7,10H,8-9,11H2,(H,20,21). The van der Waals surface area contributed by atoms with E-state index in [1.54, 1.807) is 0 Å². The summed E-state index contributed by atoms with van der Waals surface area (Å²) in [6.45, 7) is 1.95. The second kappa shape index (κ2) is 5.77. The van der Waals surface area contributed by atoms with E-state index in [2.05, 4.69) is 33.0 Å². The quantitative estimate of drug-likeness (QED) is 0.895. The summed E-state index contributed by atoms with van der Waals surface area (Å²) in [5.74, 6) is 0. The van der Waals surface area contributed by atoms with Crippen LogP contribution in [0.25, 0.3) is 0 Å². The summed E-state index contributed by atoms with van der Waals surface area (Å²) in [6, 6.07) is 16.0. The molecule has 1 aliphatic rings. The number of halogens is 1. The van der Waals surface area contributed by atoms with E-state index in [1.165, 1.54) is 10.5 Å². The SMILES string of the molecule is O=C(O)N1CCN(Cc2ccccc2)c2ccc(Br)cc21. The van der Waals surface area contributed by atoms with Gasteiger partial charge in [-0.15, -0.1) is 0 Å². The molecule has 0 bridgehead atoms. The van der Waals surface area contributed by atoms with Gasteiger partial charge in [0.05, 0.1) is 11.4 Å². The molecular formula is C16H15BrN2O2. The highest BCUT2D eigenvalue weighted by molar-refractivity contribution is 9.10. The Morgan fingerprint density at radius 2 is 1.86 bits per heavy atom. The molecule has 0 fully saturated rings. The number of carbonyl (C=O) groups is 1. The van der Waals surface area contributed by atoms with Crippen molar-refractivity contribution in [2.24, 2.45) is 0 Å². The van der Waals surface area contributed by atoms with Gasteiger partial charge in [0.1, 0.15) is 0 Å². The van der Waals surface area contributed by atoms with Crippen molar-refractivity contribution in [2.75, 3.05) is 22.9 Å². The minimum Gasteiger partial charge on any atom is -0.465 e. The van der Waals surface area contributed by atoms with Crippen LogP contribution in [0, 0.1) is 0 Å². The Morgan fingerprint density at radius 1 is 1.10 bits per heavy atom. The number of anilines is 2. The van der Waals surface area contributed by atoms with E-state index >= 15 is 0 Å². The van der Waals surface area contributed by atoms with Crippen LogP contribution < -0.4 is 9.80 Å². The molecule has 3 rings (SSSR count). The molecule has 0 aliphatic carbocycles. The lowest BCUT2D eigenvalue weighted by Crippen LogP contribution is -2.43. The Bertz CT molecular complexity index is 661. The molecule has 0 spiro atoms. The van der Waals surface area contributed by atoms with Gasteiger partial charge in [0, 0.05) is 24.1 Å². The number of amides is 1. The second-order valence-electron chi connectivity index (χ2n) is 4.97. The van der Waals surface area contributed by atoms with E-state index in [4.69, 9.17) is 0 Å². The van der Waals surface area contributed by atoms with Crippen molar-refractivity contribution in [3.8, 4) is 0 Å². The van der Waals surface area contributed by atoms with Gasteiger partial charge in [-0.05, 0) is 23.8 Å². The monoisotopic (exact) mass is 346 g/mol. The molecule has 4 nitrogen and oxygen atoms in total. The van der Waals surface area contributed by atoms with Crippen molar-refractivity contribution in [1.82, 2.24) is 0 Å². The van der Waals surface area contributed by atoms with Crippen molar-refractivity contribution >= 4 is 33.4 Å². The Labute approximate surface area is 131 Å². The van der Waals surface area contributed by atoms with Crippen LogP contribution >= 0.6 is 15.9 Å². The molecule has 1 amide bonds. The van der Waals surface area contributed by atoms with E-state index in [1.807, 2.05) is 36.4 Å². The van der Waals surface area contributed by atoms with Crippen molar-refractivity contribution in [1.29, 1.82) is 0 Å². The van der Waals surface area contributed by atoms with Crippen LogP contribution in [0.1, 0.15) is 5.56 Å². The molecule has 0 unspecified atom stereocenters. The van der Waals surface area contributed by atoms with Gasteiger partial charge >= 0.3 is 6.09 Å². The molecule has 108 valence electrons. The number of nitrogens with zero attached hydrogens (tertiary/aromatic N) is 2. The lowest BCUT2D eigenvalue weighted by Gasteiger charge is -2.36. The van der Waals surface area contributed by atoms with Gasteiger partial charge in [-0.2, -0.15) is 0 Å². The fourth-order valence-corrected chi connectivity index (χ4v) is 2.96. The van der Waals surface area contributed by atoms with Crippen LogP contribution in [0.4, 0.5) is 16.2 Å². The smallest absolute Gasteiger partial charge is 0.411 e. The molecule has 0 atom stereocenters. The number of carboxylic acid groups (broad SMARTS) is 1. The van der Waals surface area contributed by atoms with E-state index in [0.717, 1.165) is 22.4 Å². The molecule has 1 aliphatic heterocycles. The minimum atomic E-state index is -0.909. The molecule has 1 N–H and O–H groups in total. The molecular weight excluding hydrogens is 332 g/mol. The average molecular weight is 347 g/mol. The Morgan fingerprint density at radius 3 is 2.57 bits per heavy atom. The first-order chi connectivity index (χ1) is 10.1. The molecule has 0 aromatic heterocycles. The highest BCUT2D eigenvalue weighted by Crippen LogP contribution is 2.36. The maximum atomic E-state index is 11.4. The van der Waals surface area contributed by atoms with Crippen LogP contribution in [0.2, 0.25) is 0 Å². The topological polar surface area (TPSA) is 43.8 Å². The fraction of sp³-hybridized carbons (Fsp3) is 0.188. The summed E-state index contributed by atoms with van der Waals surface area (Å²) in [5, 5.41) is 9.34. The van der Waals surface area contributed by atoms with Crippen LogP contribution in [-0.4, -0.2) is 24.3 Å². The molecule has 2 aromatic carbocycles. The van der Waals surface area contributed by atoms with Gasteiger partial charge in [0.15, 0.2) is 0 Å². The van der Waals surface area contributed by atoms with Crippen molar-refractivity contribution in [3.05, 3.63) is 58.6 Å². The number of benzene rings is 2. The number of hydrogen-bond acceptors (Lipinski definition) is 2. The first kappa shape index (κ1) is 13.9. The summed E-state index contributed by atoms with van der Waals surface area (Å²) < 4.78 is 0.883. The van der Waals surface area contributed by atoms with Crippen LogP contribution in [0.15, 0.2) is 53.0 Å². The maximum Gasteiger partial charge on any atom is 0.411 e. The second-order valence-corrected chi connectivity index (χ2v) is 5.89. The first-order valence-corrected chi connectivity index (χ1v) is 7.53. The zero-order valence-electron chi connectivity index (χ0n) is 11.4. The van der Waals surface area contributed by atoms with E-state index in [-0.39, 0.29) is 0 Å². The third-order valence-corrected chi connectivity index (χ3v) is 4.10. The summed E-state index contributed by atoms with van der Waals surface area (Å²) in [4.78, 5) is 15.0. The van der Waals surface area contributed by atoms with Crippen LogP contribution in [0.5, 0.6) is 0 Å². The zero-order valence-corrected chi connectivity index (χ0v) is 13.0. The van der Waals surface area contributed by atoms with Gasteiger partial charge < -0.3 is 10.0 Å². The molecule has 1 heterocycles. The largest absolute Gasteiger partial charge is 0.465 e. The van der Waals surface area contributed by atoms with Gasteiger partial charge in [0.25, 0.3) is 0 Å². The van der Waals surface area contributed by atoms with E-state index in [0.29, 0.717) is 13.1 Å². The van der Waals surface area contributed by atoms with Crippen LogP contribution in [0.3, 0.4) is 0 Å². The summed E-state index contributed by atoms with van der Waals surface area (Å²) in [6.07, 6.45) is -0.909. The molecule has 2 aromatic rings. The normalized spacial score (nSPS) is 14.0. The van der Waals surface area contributed by atoms with Gasteiger partial charge in [-0.3, -0.25) is 4.90 Å².